The molecule has 0 radical (unpaired) electrons. The van der Waals surface area contributed by atoms with Gasteiger partial charge in [-0.25, -0.2) is 0 Å². The van der Waals surface area contributed by atoms with Gasteiger partial charge >= 0.3 is 0 Å². The van der Waals surface area contributed by atoms with Gasteiger partial charge in [-0.2, -0.15) is 0 Å². The molecule has 0 aromatic heterocycles. The summed E-state index contributed by atoms with van der Waals surface area (Å²) in [5.74, 6) is 0.472. The molecule has 2 aromatic rings. The SMILES string of the molecule is CCNCC(Cc1cccc(Br)c1)c1ccccc1Br. The summed E-state index contributed by atoms with van der Waals surface area (Å²) in [6, 6.07) is 17.1. The molecule has 3 heteroatoms. The molecule has 0 amide bonds. The minimum atomic E-state index is 0.472. The molecule has 0 aliphatic heterocycles. The molecule has 1 unspecified atom stereocenters. The zero-order valence-corrected chi connectivity index (χ0v) is 14.7. The van der Waals surface area contributed by atoms with E-state index in [0.29, 0.717) is 5.92 Å². The van der Waals surface area contributed by atoms with Crippen LogP contribution in [0.1, 0.15) is 24.0 Å². The van der Waals surface area contributed by atoms with Gasteiger partial charge in [0.25, 0.3) is 0 Å². The Hall–Kier alpha value is -0.640. The molecule has 20 heavy (non-hydrogen) atoms. The number of hydrogen-bond acceptors (Lipinski definition) is 1. The molecule has 0 saturated carbocycles. The van der Waals surface area contributed by atoms with E-state index in [1.165, 1.54) is 15.6 Å². The summed E-state index contributed by atoms with van der Waals surface area (Å²) in [6.45, 7) is 4.14. The lowest BCUT2D eigenvalue weighted by Gasteiger charge is -2.19. The maximum Gasteiger partial charge on any atom is 0.0210 e. The zero-order valence-electron chi connectivity index (χ0n) is 11.6. The molecule has 106 valence electrons. The molecule has 0 bridgehead atoms. The van der Waals surface area contributed by atoms with E-state index in [1.807, 2.05) is 0 Å². The van der Waals surface area contributed by atoms with Gasteiger partial charge in [-0.3, -0.25) is 0 Å². The van der Waals surface area contributed by atoms with Crippen LogP contribution in [0.5, 0.6) is 0 Å². The predicted molar refractivity (Wildman–Crippen MR) is 93.3 cm³/mol. The van der Waals surface area contributed by atoms with Gasteiger partial charge in [0.15, 0.2) is 0 Å². The molecular formula is C17H19Br2N. The molecule has 2 aromatic carbocycles. The third-order valence-corrected chi connectivity index (χ3v) is 4.57. The van der Waals surface area contributed by atoms with E-state index >= 15 is 0 Å². The maximum atomic E-state index is 3.68. The maximum absolute atomic E-state index is 3.68. The standard InChI is InChI=1S/C17H19Br2N/c1-2-20-12-14(16-8-3-4-9-17(16)19)10-13-6-5-7-15(18)11-13/h3-9,11,14,20H,2,10,12H2,1H3. The first-order valence-corrected chi connectivity index (χ1v) is 8.49. The normalized spacial score (nSPS) is 12.3. The second-order valence-electron chi connectivity index (χ2n) is 4.86. The molecule has 0 fully saturated rings. The largest absolute Gasteiger partial charge is 0.316 e. The third-order valence-electron chi connectivity index (χ3n) is 3.36. The van der Waals surface area contributed by atoms with Crippen LogP contribution in [0.4, 0.5) is 0 Å². The van der Waals surface area contributed by atoms with Crippen molar-refractivity contribution in [2.24, 2.45) is 0 Å². The highest BCUT2D eigenvalue weighted by Crippen LogP contribution is 2.28. The minimum Gasteiger partial charge on any atom is -0.316 e. The van der Waals surface area contributed by atoms with Crippen LogP contribution in [0.3, 0.4) is 0 Å². The first-order chi connectivity index (χ1) is 9.70. The molecular weight excluding hydrogens is 378 g/mol. The van der Waals surface area contributed by atoms with E-state index in [2.05, 4.69) is 92.6 Å². The number of halogens is 2. The fraction of sp³-hybridized carbons (Fsp3) is 0.294. The molecule has 0 aliphatic carbocycles. The van der Waals surface area contributed by atoms with E-state index < -0.39 is 0 Å². The highest BCUT2D eigenvalue weighted by Gasteiger charge is 2.14. The smallest absolute Gasteiger partial charge is 0.0210 e. The predicted octanol–water partition coefficient (Wildman–Crippen LogP) is 5.15. The van der Waals surface area contributed by atoms with Crippen molar-refractivity contribution in [1.29, 1.82) is 0 Å². The highest BCUT2D eigenvalue weighted by atomic mass is 79.9. The van der Waals surface area contributed by atoms with Gasteiger partial charge in [-0.15, -0.1) is 0 Å². The van der Waals surface area contributed by atoms with E-state index in [-0.39, 0.29) is 0 Å². The van der Waals surface area contributed by atoms with Crippen LogP contribution in [0, 0.1) is 0 Å². The molecule has 1 N–H and O–H groups in total. The van der Waals surface area contributed by atoms with E-state index in [1.54, 1.807) is 0 Å². The Bertz CT molecular complexity index is 554. The average Bonchev–Trinajstić information content (AvgIpc) is 2.44. The van der Waals surface area contributed by atoms with Crippen LogP contribution < -0.4 is 5.32 Å². The van der Waals surface area contributed by atoms with Gasteiger partial charge in [0.1, 0.15) is 0 Å². The Morgan fingerprint density at radius 1 is 1.05 bits per heavy atom. The van der Waals surface area contributed by atoms with E-state index in [9.17, 15) is 0 Å². The summed E-state index contributed by atoms with van der Waals surface area (Å²) < 4.78 is 2.34. The summed E-state index contributed by atoms with van der Waals surface area (Å²) in [5.41, 5.74) is 2.73. The van der Waals surface area contributed by atoms with Crippen LogP contribution in [-0.2, 0) is 6.42 Å². The van der Waals surface area contributed by atoms with Gasteiger partial charge in [-0.1, -0.05) is 69.1 Å². The molecule has 2 rings (SSSR count). The first-order valence-electron chi connectivity index (χ1n) is 6.90. The highest BCUT2D eigenvalue weighted by molar-refractivity contribution is 9.10. The first kappa shape index (κ1) is 15.7. The van der Waals surface area contributed by atoms with Crippen molar-refractivity contribution in [3.05, 3.63) is 68.6 Å². The van der Waals surface area contributed by atoms with Crippen molar-refractivity contribution in [1.82, 2.24) is 5.32 Å². The topological polar surface area (TPSA) is 12.0 Å². The number of likely N-dealkylation sites (N-methyl/N-ethyl adjacent to an activating group) is 1. The number of hydrogen-bond donors (Lipinski definition) is 1. The van der Waals surface area contributed by atoms with Crippen molar-refractivity contribution in [2.75, 3.05) is 13.1 Å². The zero-order chi connectivity index (χ0) is 14.4. The number of nitrogens with one attached hydrogen (secondary N) is 1. The summed E-state index contributed by atoms with van der Waals surface area (Å²) in [7, 11) is 0. The third kappa shape index (κ3) is 4.44. The van der Waals surface area contributed by atoms with Crippen LogP contribution in [0.25, 0.3) is 0 Å². The summed E-state index contributed by atoms with van der Waals surface area (Å²) in [5, 5.41) is 3.48. The second-order valence-corrected chi connectivity index (χ2v) is 6.63. The molecule has 0 heterocycles. The lowest BCUT2D eigenvalue weighted by molar-refractivity contribution is 0.593. The van der Waals surface area contributed by atoms with E-state index in [4.69, 9.17) is 0 Å². The molecule has 0 aliphatic rings. The van der Waals surface area contributed by atoms with Crippen molar-refractivity contribution in [3.63, 3.8) is 0 Å². The summed E-state index contributed by atoms with van der Waals surface area (Å²) in [6.07, 6.45) is 1.04. The fourth-order valence-electron chi connectivity index (χ4n) is 2.37. The van der Waals surface area contributed by atoms with Crippen LogP contribution in [0.15, 0.2) is 57.5 Å². The molecule has 1 nitrogen and oxygen atoms in total. The van der Waals surface area contributed by atoms with Crippen LogP contribution in [0.2, 0.25) is 0 Å². The van der Waals surface area contributed by atoms with Crippen molar-refractivity contribution < 1.29 is 0 Å². The molecule has 0 spiro atoms. The number of benzene rings is 2. The second kappa shape index (κ2) is 7.96. The Kier molecular flexibility index (Phi) is 6.27. The van der Waals surface area contributed by atoms with Gasteiger partial charge in [0, 0.05) is 21.4 Å². The Labute approximate surface area is 138 Å². The van der Waals surface area contributed by atoms with Crippen LogP contribution >= 0.6 is 31.9 Å². The minimum absolute atomic E-state index is 0.472. The molecule has 1 atom stereocenters. The monoisotopic (exact) mass is 395 g/mol. The number of rotatable bonds is 6. The van der Waals surface area contributed by atoms with E-state index in [0.717, 1.165) is 24.0 Å². The lowest BCUT2D eigenvalue weighted by atomic mass is 9.92. The average molecular weight is 397 g/mol. The summed E-state index contributed by atoms with van der Waals surface area (Å²) in [4.78, 5) is 0. The van der Waals surface area contributed by atoms with Crippen molar-refractivity contribution >= 4 is 31.9 Å². The van der Waals surface area contributed by atoms with Crippen molar-refractivity contribution in [3.8, 4) is 0 Å². The lowest BCUT2D eigenvalue weighted by Crippen LogP contribution is -2.23. The fourth-order valence-corrected chi connectivity index (χ4v) is 3.42. The van der Waals surface area contributed by atoms with Gasteiger partial charge in [0.2, 0.25) is 0 Å². The van der Waals surface area contributed by atoms with Gasteiger partial charge in [0.05, 0.1) is 0 Å². The van der Waals surface area contributed by atoms with Crippen LogP contribution in [-0.4, -0.2) is 13.1 Å². The Morgan fingerprint density at radius 2 is 1.85 bits per heavy atom. The Morgan fingerprint density at radius 3 is 2.55 bits per heavy atom. The van der Waals surface area contributed by atoms with Gasteiger partial charge in [-0.05, 0) is 42.3 Å². The van der Waals surface area contributed by atoms with Gasteiger partial charge < -0.3 is 5.32 Å². The van der Waals surface area contributed by atoms with Crippen molar-refractivity contribution in [2.45, 2.75) is 19.3 Å². The summed E-state index contributed by atoms with van der Waals surface area (Å²) >= 11 is 7.23. The quantitative estimate of drug-likeness (QED) is 0.711. The Balaban J connectivity index is 2.22. The molecule has 0 saturated heterocycles.